The zero-order valence-electron chi connectivity index (χ0n) is 15.8. The fourth-order valence-corrected chi connectivity index (χ4v) is 3.88. The third kappa shape index (κ3) is 4.88. The maximum atomic E-state index is 12.7. The SMILES string of the molecule is COc1cc(/C=C2\SC(=O)N(Cc3ccc(I)cc3)C2=O)ccc1OC(C)C. The zero-order chi connectivity index (χ0) is 20.3. The van der Waals surface area contributed by atoms with Gasteiger partial charge in [0.05, 0.1) is 24.7 Å². The van der Waals surface area contributed by atoms with Crippen molar-refractivity contribution >= 4 is 51.6 Å². The molecule has 2 aromatic carbocycles. The smallest absolute Gasteiger partial charge is 0.293 e. The fraction of sp³-hybridized carbons (Fsp3) is 0.238. The monoisotopic (exact) mass is 509 g/mol. The van der Waals surface area contributed by atoms with E-state index in [-0.39, 0.29) is 23.8 Å². The molecule has 7 heteroatoms. The van der Waals surface area contributed by atoms with Gasteiger partial charge < -0.3 is 9.47 Å². The molecule has 1 saturated heterocycles. The van der Waals surface area contributed by atoms with Crippen LogP contribution in [0.1, 0.15) is 25.0 Å². The maximum absolute atomic E-state index is 12.7. The molecule has 0 radical (unpaired) electrons. The van der Waals surface area contributed by atoms with Crippen LogP contribution >= 0.6 is 34.4 Å². The lowest BCUT2D eigenvalue weighted by Gasteiger charge is -2.14. The van der Waals surface area contributed by atoms with E-state index >= 15 is 0 Å². The van der Waals surface area contributed by atoms with Gasteiger partial charge in [-0.05, 0) is 89.7 Å². The summed E-state index contributed by atoms with van der Waals surface area (Å²) in [6, 6.07) is 13.2. The maximum Gasteiger partial charge on any atom is 0.293 e. The third-order valence-corrected chi connectivity index (χ3v) is 5.60. The van der Waals surface area contributed by atoms with E-state index in [1.165, 1.54) is 4.90 Å². The Balaban J connectivity index is 1.80. The van der Waals surface area contributed by atoms with Crippen LogP contribution in [0.25, 0.3) is 6.08 Å². The summed E-state index contributed by atoms with van der Waals surface area (Å²) in [4.78, 5) is 26.7. The van der Waals surface area contributed by atoms with Gasteiger partial charge in [-0.15, -0.1) is 0 Å². The van der Waals surface area contributed by atoms with E-state index in [9.17, 15) is 9.59 Å². The summed E-state index contributed by atoms with van der Waals surface area (Å²) in [6.07, 6.45) is 1.73. The van der Waals surface area contributed by atoms with Crippen LogP contribution in [0.2, 0.25) is 0 Å². The Labute approximate surface area is 182 Å². The third-order valence-electron chi connectivity index (χ3n) is 3.98. The minimum absolute atomic E-state index is 0.0255. The number of hydrogen-bond acceptors (Lipinski definition) is 5. The van der Waals surface area contributed by atoms with Crippen molar-refractivity contribution < 1.29 is 19.1 Å². The Morgan fingerprint density at radius 1 is 1.11 bits per heavy atom. The quantitative estimate of drug-likeness (QED) is 0.390. The van der Waals surface area contributed by atoms with Crippen LogP contribution < -0.4 is 9.47 Å². The Bertz CT molecular complexity index is 925. The van der Waals surface area contributed by atoms with Crippen LogP contribution in [0.3, 0.4) is 0 Å². The molecule has 3 rings (SSSR count). The molecule has 0 spiro atoms. The van der Waals surface area contributed by atoms with Gasteiger partial charge in [-0.1, -0.05) is 18.2 Å². The number of thioether (sulfide) groups is 1. The van der Waals surface area contributed by atoms with Crippen molar-refractivity contribution in [3.63, 3.8) is 0 Å². The molecular weight excluding hydrogens is 489 g/mol. The number of carbonyl (C=O) groups excluding carboxylic acids is 2. The van der Waals surface area contributed by atoms with E-state index in [1.807, 2.05) is 44.2 Å². The number of rotatable bonds is 6. The first-order valence-corrected chi connectivity index (χ1v) is 10.6. The Hall–Kier alpha value is -2.00. The van der Waals surface area contributed by atoms with Crippen LogP contribution in [0, 0.1) is 3.57 Å². The molecule has 2 aromatic rings. The minimum atomic E-state index is -0.282. The second kappa shape index (κ2) is 9.00. The molecule has 0 bridgehead atoms. The highest BCUT2D eigenvalue weighted by Crippen LogP contribution is 2.35. The van der Waals surface area contributed by atoms with Crippen LogP contribution in [-0.2, 0) is 11.3 Å². The van der Waals surface area contributed by atoms with Gasteiger partial charge in [0.25, 0.3) is 11.1 Å². The summed E-state index contributed by atoms with van der Waals surface area (Å²) in [7, 11) is 1.57. The van der Waals surface area contributed by atoms with E-state index in [0.29, 0.717) is 16.4 Å². The van der Waals surface area contributed by atoms with Gasteiger partial charge in [0.1, 0.15) is 0 Å². The van der Waals surface area contributed by atoms with Crippen LogP contribution in [0.4, 0.5) is 4.79 Å². The van der Waals surface area contributed by atoms with Gasteiger partial charge in [-0.25, -0.2) is 0 Å². The minimum Gasteiger partial charge on any atom is -0.493 e. The highest BCUT2D eigenvalue weighted by atomic mass is 127. The summed E-state index contributed by atoms with van der Waals surface area (Å²) < 4.78 is 12.2. The molecule has 1 aliphatic heterocycles. The lowest BCUT2D eigenvalue weighted by atomic mass is 10.1. The largest absolute Gasteiger partial charge is 0.493 e. The van der Waals surface area contributed by atoms with Gasteiger partial charge in [-0.3, -0.25) is 14.5 Å². The summed E-state index contributed by atoms with van der Waals surface area (Å²) in [5.74, 6) is 0.942. The van der Waals surface area contributed by atoms with Crippen molar-refractivity contribution in [2.45, 2.75) is 26.5 Å². The van der Waals surface area contributed by atoms with Crippen molar-refractivity contribution in [1.82, 2.24) is 4.90 Å². The molecule has 0 aromatic heterocycles. The van der Waals surface area contributed by atoms with E-state index < -0.39 is 0 Å². The molecule has 1 aliphatic rings. The van der Waals surface area contributed by atoms with Gasteiger partial charge in [0.15, 0.2) is 11.5 Å². The van der Waals surface area contributed by atoms with Gasteiger partial charge in [0.2, 0.25) is 0 Å². The number of hydrogen-bond donors (Lipinski definition) is 0. The molecule has 0 aliphatic carbocycles. The first-order chi connectivity index (χ1) is 13.4. The molecule has 2 amide bonds. The van der Waals surface area contributed by atoms with Crippen molar-refractivity contribution in [3.05, 3.63) is 62.1 Å². The van der Waals surface area contributed by atoms with Crippen LogP contribution in [-0.4, -0.2) is 29.3 Å². The lowest BCUT2D eigenvalue weighted by Crippen LogP contribution is -2.27. The predicted octanol–water partition coefficient (Wildman–Crippen LogP) is 5.32. The number of benzene rings is 2. The van der Waals surface area contributed by atoms with Crippen molar-refractivity contribution in [3.8, 4) is 11.5 Å². The number of ether oxygens (including phenoxy) is 2. The summed E-state index contributed by atoms with van der Waals surface area (Å²) in [5, 5.41) is -0.262. The molecule has 1 heterocycles. The van der Waals surface area contributed by atoms with E-state index in [4.69, 9.17) is 9.47 Å². The predicted molar refractivity (Wildman–Crippen MR) is 119 cm³/mol. The average Bonchev–Trinajstić information content (AvgIpc) is 2.91. The lowest BCUT2D eigenvalue weighted by molar-refractivity contribution is -0.123. The Morgan fingerprint density at radius 2 is 1.82 bits per heavy atom. The molecule has 28 heavy (non-hydrogen) atoms. The number of imide groups is 1. The standard InChI is InChI=1S/C21H20INO4S/c1-13(2)27-17-9-6-15(10-18(17)26-3)11-19-20(24)23(21(25)28-19)12-14-4-7-16(22)8-5-14/h4-11,13H,12H2,1-3H3/b19-11-. The van der Waals surface area contributed by atoms with E-state index in [0.717, 1.165) is 26.5 Å². The van der Waals surface area contributed by atoms with Crippen molar-refractivity contribution in [1.29, 1.82) is 0 Å². The number of amides is 2. The topological polar surface area (TPSA) is 55.8 Å². The van der Waals surface area contributed by atoms with Gasteiger partial charge in [0, 0.05) is 3.57 Å². The summed E-state index contributed by atoms with van der Waals surface area (Å²) >= 11 is 3.17. The average molecular weight is 509 g/mol. The number of carbonyl (C=O) groups is 2. The number of nitrogens with zero attached hydrogens (tertiary/aromatic N) is 1. The summed E-state index contributed by atoms with van der Waals surface area (Å²) in [6.45, 7) is 4.15. The summed E-state index contributed by atoms with van der Waals surface area (Å²) in [5.41, 5.74) is 1.69. The molecule has 0 atom stereocenters. The molecule has 146 valence electrons. The van der Waals surface area contributed by atoms with Crippen LogP contribution in [0.5, 0.6) is 11.5 Å². The Kier molecular flexibility index (Phi) is 6.66. The molecular formula is C21H20INO4S. The van der Waals surface area contributed by atoms with E-state index in [2.05, 4.69) is 22.6 Å². The van der Waals surface area contributed by atoms with E-state index in [1.54, 1.807) is 25.3 Å². The first kappa shape index (κ1) is 20.7. The van der Waals surface area contributed by atoms with Gasteiger partial charge >= 0.3 is 0 Å². The molecule has 0 saturated carbocycles. The van der Waals surface area contributed by atoms with Crippen molar-refractivity contribution in [2.75, 3.05) is 7.11 Å². The Morgan fingerprint density at radius 3 is 2.46 bits per heavy atom. The molecule has 5 nitrogen and oxygen atoms in total. The highest BCUT2D eigenvalue weighted by Gasteiger charge is 2.35. The fourth-order valence-electron chi connectivity index (χ4n) is 2.69. The second-order valence-electron chi connectivity index (χ2n) is 6.47. The second-order valence-corrected chi connectivity index (χ2v) is 8.71. The first-order valence-electron chi connectivity index (χ1n) is 8.72. The number of methoxy groups -OCH3 is 1. The normalized spacial score (nSPS) is 15.6. The van der Waals surface area contributed by atoms with Crippen LogP contribution in [0.15, 0.2) is 47.4 Å². The zero-order valence-corrected chi connectivity index (χ0v) is 18.7. The molecule has 0 unspecified atom stereocenters. The highest BCUT2D eigenvalue weighted by molar-refractivity contribution is 14.1. The number of halogens is 1. The molecule has 0 N–H and O–H groups in total. The van der Waals surface area contributed by atoms with Gasteiger partial charge in [-0.2, -0.15) is 0 Å². The molecule has 1 fully saturated rings. The van der Waals surface area contributed by atoms with Crippen molar-refractivity contribution in [2.24, 2.45) is 0 Å².